The van der Waals surface area contributed by atoms with Crippen LogP contribution in [0.3, 0.4) is 0 Å². The van der Waals surface area contributed by atoms with Gasteiger partial charge in [0.15, 0.2) is 0 Å². The van der Waals surface area contributed by atoms with E-state index in [2.05, 4.69) is 4.90 Å². The van der Waals surface area contributed by atoms with Crippen LogP contribution in [0.5, 0.6) is 0 Å². The summed E-state index contributed by atoms with van der Waals surface area (Å²) in [5.41, 5.74) is 6.57. The van der Waals surface area contributed by atoms with Crippen LogP contribution in [0.15, 0.2) is 24.3 Å². The summed E-state index contributed by atoms with van der Waals surface area (Å²) in [6, 6.07) is 8.36. The van der Waals surface area contributed by atoms with E-state index in [0.29, 0.717) is 6.04 Å². The molecule has 3 nitrogen and oxygen atoms in total. The SMILES string of the molecule is Nc1ccc2sc(C(=O)N(CC3CC3)C3CC3)cc2c1. The van der Waals surface area contributed by atoms with Crippen LogP contribution >= 0.6 is 11.3 Å². The number of thiophene rings is 1. The van der Waals surface area contributed by atoms with Crippen LogP contribution < -0.4 is 5.73 Å². The normalized spacial score (nSPS) is 18.4. The van der Waals surface area contributed by atoms with Crippen LogP contribution in [0.25, 0.3) is 10.1 Å². The summed E-state index contributed by atoms with van der Waals surface area (Å²) in [6.45, 7) is 0.958. The van der Waals surface area contributed by atoms with Gasteiger partial charge in [-0.1, -0.05) is 0 Å². The van der Waals surface area contributed by atoms with Crippen molar-refractivity contribution < 1.29 is 4.79 Å². The van der Waals surface area contributed by atoms with E-state index in [9.17, 15) is 4.79 Å². The topological polar surface area (TPSA) is 46.3 Å². The summed E-state index contributed by atoms with van der Waals surface area (Å²) >= 11 is 1.59. The fourth-order valence-electron chi connectivity index (χ4n) is 2.67. The number of nitrogen functional groups attached to an aromatic ring is 1. The fraction of sp³-hybridized carbons (Fsp3) is 0.438. The Balaban J connectivity index is 1.63. The number of nitrogens with two attached hydrogens (primary N) is 1. The van der Waals surface area contributed by atoms with Gasteiger partial charge in [0, 0.05) is 23.0 Å². The van der Waals surface area contributed by atoms with Gasteiger partial charge in [-0.2, -0.15) is 0 Å². The van der Waals surface area contributed by atoms with E-state index in [-0.39, 0.29) is 5.91 Å². The molecule has 1 aromatic heterocycles. The molecule has 0 saturated heterocycles. The van der Waals surface area contributed by atoms with Crippen LogP contribution in [0.4, 0.5) is 5.69 Å². The molecule has 2 aliphatic rings. The van der Waals surface area contributed by atoms with Crippen LogP contribution in [-0.2, 0) is 0 Å². The Bertz CT molecular complexity index is 670. The predicted octanol–water partition coefficient (Wildman–Crippen LogP) is 3.50. The van der Waals surface area contributed by atoms with Gasteiger partial charge in [-0.25, -0.2) is 0 Å². The fourth-order valence-corrected chi connectivity index (χ4v) is 3.67. The third kappa shape index (κ3) is 2.29. The van der Waals surface area contributed by atoms with Gasteiger partial charge in [0.05, 0.1) is 4.88 Å². The smallest absolute Gasteiger partial charge is 0.264 e. The molecule has 2 fully saturated rings. The van der Waals surface area contributed by atoms with E-state index < -0.39 is 0 Å². The van der Waals surface area contributed by atoms with Gasteiger partial charge in [0.2, 0.25) is 0 Å². The maximum Gasteiger partial charge on any atom is 0.264 e. The highest BCUT2D eigenvalue weighted by Gasteiger charge is 2.37. The minimum Gasteiger partial charge on any atom is -0.399 e. The molecule has 104 valence electrons. The van der Waals surface area contributed by atoms with E-state index in [0.717, 1.165) is 33.1 Å². The second-order valence-electron chi connectivity index (χ2n) is 6.04. The van der Waals surface area contributed by atoms with Gasteiger partial charge in [-0.3, -0.25) is 4.79 Å². The van der Waals surface area contributed by atoms with E-state index in [4.69, 9.17) is 5.73 Å². The second kappa shape index (κ2) is 4.48. The molecule has 1 amide bonds. The van der Waals surface area contributed by atoms with Gasteiger partial charge in [0.1, 0.15) is 0 Å². The number of carbonyl (C=O) groups excluding carboxylic acids is 1. The van der Waals surface area contributed by atoms with Crippen molar-refractivity contribution in [2.45, 2.75) is 31.7 Å². The quantitative estimate of drug-likeness (QED) is 0.874. The zero-order valence-corrected chi connectivity index (χ0v) is 12.2. The number of fused-ring (bicyclic) bond motifs is 1. The van der Waals surface area contributed by atoms with Crippen LogP contribution in [0, 0.1) is 5.92 Å². The van der Waals surface area contributed by atoms with Gasteiger partial charge in [0.25, 0.3) is 5.91 Å². The molecule has 0 bridgehead atoms. The first-order valence-corrected chi connectivity index (χ1v) is 8.12. The Morgan fingerprint density at radius 3 is 2.75 bits per heavy atom. The predicted molar refractivity (Wildman–Crippen MR) is 83.0 cm³/mol. The molecule has 0 unspecified atom stereocenters. The number of anilines is 1. The molecule has 2 aromatic rings. The molecular formula is C16H18N2OS. The average molecular weight is 286 g/mol. The van der Waals surface area contributed by atoms with Gasteiger partial charge in [-0.15, -0.1) is 11.3 Å². The lowest BCUT2D eigenvalue weighted by Crippen LogP contribution is -2.34. The molecule has 2 saturated carbocycles. The van der Waals surface area contributed by atoms with Crippen molar-refractivity contribution in [3.05, 3.63) is 29.1 Å². The first-order chi connectivity index (χ1) is 9.70. The molecule has 1 aromatic carbocycles. The summed E-state index contributed by atoms with van der Waals surface area (Å²) in [4.78, 5) is 15.7. The molecule has 0 atom stereocenters. The second-order valence-corrected chi connectivity index (χ2v) is 7.12. The molecule has 0 spiro atoms. The molecule has 2 aliphatic carbocycles. The van der Waals surface area contributed by atoms with Crippen molar-refractivity contribution >= 4 is 33.0 Å². The molecule has 4 heteroatoms. The number of benzene rings is 1. The first-order valence-electron chi connectivity index (χ1n) is 7.31. The van der Waals surface area contributed by atoms with Crippen molar-refractivity contribution in [2.75, 3.05) is 12.3 Å². The lowest BCUT2D eigenvalue weighted by atomic mass is 10.2. The van der Waals surface area contributed by atoms with Crippen molar-refractivity contribution in [1.82, 2.24) is 4.90 Å². The molecular weight excluding hydrogens is 268 g/mol. The van der Waals surface area contributed by atoms with Crippen molar-refractivity contribution in [1.29, 1.82) is 0 Å². The van der Waals surface area contributed by atoms with Gasteiger partial charge >= 0.3 is 0 Å². The van der Waals surface area contributed by atoms with E-state index in [1.165, 1.54) is 25.7 Å². The van der Waals surface area contributed by atoms with Gasteiger partial charge in [-0.05, 0) is 61.3 Å². The highest BCUT2D eigenvalue weighted by atomic mass is 32.1. The molecule has 2 N–H and O–H groups in total. The standard InChI is InChI=1S/C16H18N2OS/c17-12-3-6-14-11(7-12)8-15(20-14)16(19)18(13-4-5-13)9-10-1-2-10/h3,6-8,10,13H,1-2,4-5,9,17H2. The van der Waals surface area contributed by atoms with E-state index in [1.807, 2.05) is 24.3 Å². The maximum absolute atomic E-state index is 12.7. The minimum absolute atomic E-state index is 0.221. The number of amides is 1. The molecule has 20 heavy (non-hydrogen) atoms. The Kier molecular flexibility index (Phi) is 2.74. The van der Waals surface area contributed by atoms with Crippen molar-refractivity contribution in [2.24, 2.45) is 5.92 Å². The lowest BCUT2D eigenvalue weighted by molar-refractivity contribution is 0.0740. The third-order valence-corrected chi connectivity index (χ3v) is 5.26. The number of nitrogens with zero attached hydrogens (tertiary/aromatic N) is 1. The minimum atomic E-state index is 0.221. The van der Waals surface area contributed by atoms with E-state index in [1.54, 1.807) is 11.3 Å². The van der Waals surface area contributed by atoms with Crippen LogP contribution in [0.2, 0.25) is 0 Å². The summed E-state index contributed by atoms with van der Waals surface area (Å²) in [5, 5.41) is 1.08. The summed E-state index contributed by atoms with van der Waals surface area (Å²) in [5.74, 6) is 0.976. The van der Waals surface area contributed by atoms with Gasteiger partial charge < -0.3 is 10.6 Å². The number of hydrogen-bond donors (Lipinski definition) is 1. The Labute approximate surface area is 122 Å². The monoisotopic (exact) mass is 286 g/mol. The number of rotatable bonds is 4. The van der Waals surface area contributed by atoms with Crippen molar-refractivity contribution in [3.63, 3.8) is 0 Å². The largest absolute Gasteiger partial charge is 0.399 e. The summed E-state index contributed by atoms with van der Waals surface area (Å²) in [6.07, 6.45) is 4.94. The Morgan fingerprint density at radius 1 is 1.25 bits per heavy atom. The highest BCUT2D eigenvalue weighted by Crippen LogP contribution is 2.37. The Hall–Kier alpha value is -1.55. The molecule has 0 radical (unpaired) electrons. The molecule has 4 rings (SSSR count). The maximum atomic E-state index is 12.7. The van der Waals surface area contributed by atoms with Crippen molar-refractivity contribution in [3.8, 4) is 0 Å². The molecule has 0 aliphatic heterocycles. The molecule has 1 heterocycles. The number of hydrogen-bond acceptors (Lipinski definition) is 3. The van der Waals surface area contributed by atoms with Crippen LogP contribution in [-0.4, -0.2) is 23.4 Å². The Morgan fingerprint density at radius 2 is 2.05 bits per heavy atom. The van der Waals surface area contributed by atoms with Crippen LogP contribution in [0.1, 0.15) is 35.4 Å². The average Bonchev–Trinajstić information content (AvgIpc) is 3.32. The summed E-state index contributed by atoms with van der Waals surface area (Å²) < 4.78 is 1.14. The highest BCUT2D eigenvalue weighted by molar-refractivity contribution is 7.20. The summed E-state index contributed by atoms with van der Waals surface area (Å²) in [7, 11) is 0. The number of carbonyl (C=O) groups is 1. The first kappa shape index (κ1) is 12.2. The van der Waals surface area contributed by atoms with E-state index >= 15 is 0 Å². The zero-order valence-electron chi connectivity index (χ0n) is 11.3. The zero-order chi connectivity index (χ0) is 13.7. The lowest BCUT2D eigenvalue weighted by Gasteiger charge is -2.21. The third-order valence-electron chi connectivity index (χ3n) is 4.15.